The van der Waals surface area contributed by atoms with Crippen molar-refractivity contribution in [3.05, 3.63) is 57.3 Å². The van der Waals surface area contributed by atoms with Crippen LogP contribution in [0.1, 0.15) is 76.9 Å². The van der Waals surface area contributed by atoms with Crippen LogP contribution in [0.5, 0.6) is 11.5 Å². The molecule has 2 heterocycles. The van der Waals surface area contributed by atoms with Crippen LogP contribution in [-0.4, -0.2) is 38.9 Å². The molecule has 0 saturated carbocycles. The summed E-state index contributed by atoms with van der Waals surface area (Å²) in [5.74, 6) is 1.30. The van der Waals surface area contributed by atoms with Gasteiger partial charge in [-0.05, 0) is 89.9 Å². The fourth-order valence-electron chi connectivity index (χ4n) is 5.04. The molecule has 0 N–H and O–H groups in total. The van der Waals surface area contributed by atoms with Crippen molar-refractivity contribution in [3.63, 3.8) is 0 Å². The second-order valence-corrected chi connectivity index (χ2v) is 13.1. The highest BCUT2D eigenvalue weighted by atomic mass is 32.1. The van der Waals surface area contributed by atoms with Gasteiger partial charge in [0.05, 0.1) is 37.0 Å². The van der Waals surface area contributed by atoms with Crippen LogP contribution >= 0.6 is 22.7 Å². The Bertz CT molecular complexity index is 1560. The first-order chi connectivity index (χ1) is 19.6. The lowest BCUT2D eigenvalue weighted by Gasteiger charge is -2.11. The largest absolute Gasteiger partial charge is 0.496 e. The van der Waals surface area contributed by atoms with E-state index in [0.717, 1.165) is 73.4 Å². The molecule has 0 aliphatic heterocycles. The van der Waals surface area contributed by atoms with E-state index in [1.54, 1.807) is 32.5 Å². The molecule has 4 aromatic rings. The van der Waals surface area contributed by atoms with E-state index in [4.69, 9.17) is 14.2 Å². The van der Waals surface area contributed by atoms with Crippen LogP contribution in [0.3, 0.4) is 0 Å². The summed E-state index contributed by atoms with van der Waals surface area (Å²) in [7, 11) is 4.70. The van der Waals surface area contributed by atoms with E-state index in [1.807, 2.05) is 18.2 Å². The first-order valence-electron chi connectivity index (χ1n) is 14.0. The van der Waals surface area contributed by atoms with Gasteiger partial charge in [-0.25, -0.2) is 0 Å². The second kappa shape index (κ2) is 13.6. The van der Waals surface area contributed by atoms with Crippen molar-refractivity contribution in [3.8, 4) is 11.5 Å². The third-order valence-corrected chi connectivity index (χ3v) is 9.50. The maximum Gasteiger partial charge on any atom is 0.308 e. The number of hydrogen-bond acceptors (Lipinski definition) is 8. The zero-order valence-corrected chi connectivity index (χ0v) is 26.3. The summed E-state index contributed by atoms with van der Waals surface area (Å²) < 4.78 is 18.2. The van der Waals surface area contributed by atoms with Gasteiger partial charge in [0.25, 0.3) is 0 Å². The summed E-state index contributed by atoms with van der Waals surface area (Å²) in [4.78, 5) is 38.6. The Hall–Kier alpha value is -3.23. The lowest BCUT2D eigenvalue weighted by Crippen LogP contribution is -2.16. The van der Waals surface area contributed by atoms with Gasteiger partial charge in [0.1, 0.15) is 11.5 Å². The Labute approximate surface area is 249 Å². The highest BCUT2D eigenvalue weighted by Gasteiger charge is 2.21. The quantitative estimate of drug-likeness (QED) is 0.0830. The van der Waals surface area contributed by atoms with E-state index >= 15 is 0 Å². The summed E-state index contributed by atoms with van der Waals surface area (Å²) in [6, 6.07) is 12.3. The molecular formula is C33H38O6S2. The molecule has 0 aliphatic carbocycles. The first-order valence-corrected chi connectivity index (χ1v) is 15.6. The SMILES string of the molecule is COC(=O)[C@@H](C)CC(=O)c1cc2cc(CCCCc3cc4cc(C(=O)CC(C)C)sc4cc3OC)c(OC)cc2s1. The lowest BCUT2D eigenvalue weighted by molar-refractivity contribution is -0.144. The minimum absolute atomic E-state index is 0.0578. The van der Waals surface area contributed by atoms with E-state index in [0.29, 0.717) is 17.2 Å². The summed E-state index contributed by atoms with van der Waals surface area (Å²) >= 11 is 2.97. The molecule has 2 aromatic carbocycles. The number of ether oxygens (including phenoxy) is 3. The van der Waals surface area contributed by atoms with Gasteiger partial charge < -0.3 is 14.2 Å². The van der Waals surface area contributed by atoms with Crippen molar-refractivity contribution in [2.75, 3.05) is 21.3 Å². The maximum atomic E-state index is 12.8. The molecule has 4 rings (SSSR count). The van der Waals surface area contributed by atoms with Gasteiger partial charge in [0.2, 0.25) is 0 Å². The van der Waals surface area contributed by atoms with E-state index in [2.05, 4.69) is 32.0 Å². The molecule has 0 bridgehead atoms. The average Bonchev–Trinajstić information content (AvgIpc) is 3.57. The molecule has 218 valence electrons. The number of carbonyl (C=O) groups excluding carboxylic acids is 3. The van der Waals surface area contributed by atoms with E-state index < -0.39 is 5.92 Å². The second-order valence-electron chi connectivity index (χ2n) is 10.9. The van der Waals surface area contributed by atoms with E-state index in [1.165, 1.54) is 18.4 Å². The smallest absolute Gasteiger partial charge is 0.308 e. The Morgan fingerprint density at radius 3 is 1.56 bits per heavy atom. The topological polar surface area (TPSA) is 78.9 Å². The Morgan fingerprint density at radius 2 is 1.15 bits per heavy atom. The van der Waals surface area contributed by atoms with Crippen LogP contribution in [0, 0.1) is 11.8 Å². The van der Waals surface area contributed by atoms with Gasteiger partial charge in [0, 0.05) is 22.2 Å². The summed E-state index contributed by atoms with van der Waals surface area (Å²) in [6.45, 7) is 5.84. The molecule has 6 nitrogen and oxygen atoms in total. The highest BCUT2D eigenvalue weighted by molar-refractivity contribution is 7.21. The third-order valence-electron chi connectivity index (χ3n) is 7.22. The molecule has 0 radical (unpaired) electrons. The van der Waals surface area contributed by atoms with Crippen molar-refractivity contribution in [2.24, 2.45) is 11.8 Å². The molecule has 0 amide bonds. The summed E-state index contributed by atoms with van der Waals surface area (Å²) in [5.41, 5.74) is 2.25. The van der Waals surface area contributed by atoms with Crippen LogP contribution in [0.2, 0.25) is 0 Å². The maximum absolute atomic E-state index is 12.8. The van der Waals surface area contributed by atoms with Crippen LogP contribution < -0.4 is 9.47 Å². The molecule has 0 saturated heterocycles. The molecule has 41 heavy (non-hydrogen) atoms. The standard InChI is InChI=1S/C33H38O6S2/c1-19(2)11-25(34)31-15-23-13-21(27(37-4)17-29(23)40-31)9-7-8-10-22-14-24-16-32(41-30(24)18-28(22)38-5)26(35)12-20(3)33(36)39-6/h13-20H,7-12H2,1-6H3/t20-/m0/s1. The number of aryl methyl sites for hydroxylation is 2. The summed E-state index contributed by atoms with van der Waals surface area (Å²) in [5, 5.41) is 2.10. The zero-order valence-electron chi connectivity index (χ0n) is 24.6. The molecule has 0 fully saturated rings. The number of ketones is 2. The van der Waals surface area contributed by atoms with Crippen molar-refractivity contribution in [1.29, 1.82) is 0 Å². The molecule has 0 unspecified atom stereocenters. The van der Waals surface area contributed by atoms with Gasteiger partial charge in [0.15, 0.2) is 11.6 Å². The predicted molar refractivity (Wildman–Crippen MR) is 167 cm³/mol. The number of benzene rings is 2. The molecule has 2 aromatic heterocycles. The van der Waals surface area contributed by atoms with Crippen molar-refractivity contribution >= 4 is 60.4 Å². The number of thiophene rings is 2. The van der Waals surface area contributed by atoms with E-state index in [-0.39, 0.29) is 24.0 Å². The Balaban J connectivity index is 1.43. The van der Waals surface area contributed by atoms with Crippen molar-refractivity contribution in [1.82, 2.24) is 0 Å². The predicted octanol–water partition coefficient (Wildman–Crippen LogP) is 8.31. The molecule has 1 atom stereocenters. The number of methoxy groups -OCH3 is 3. The third kappa shape index (κ3) is 7.35. The zero-order chi connectivity index (χ0) is 29.7. The number of fused-ring (bicyclic) bond motifs is 2. The molecular weight excluding hydrogens is 556 g/mol. The normalized spacial score (nSPS) is 12.2. The number of unbranched alkanes of at least 4 members (excludes halogenated alkanes) is 1. The van der Waals surface area contributed by atoms with Crippen LogP contribution in [0.15, 0.2) is 36.4 Å². The minimum Gasteiger partial charge on any atom is -0.496 e. The number of hydrogen-bond donors (Lipinski definition) is 0. The van der Waals surface area contributed by atoms with Gasteiger partial charge >= 0.3 is 5.97 Å². The van der Waals surface area contributed by atoms with E-state index in [9.17, 15) is 14.4 Å². The van der Waals surface area contributed by atoms with Crippen molar-refractivity contribution in [2.45, 2.75) is 59.3 Å². The summed E-state index contributed by atoms with van der Waals surface area (Å²) in [6.07, 6.45) is 4.31. The number of rotatable bonds is 14. The first kappa shape index (κ1) is 30.7. The number of esters is 1. The fraction of sp³-hybridized carbons (Fsp3) is 0.424. The van der Waals surface area contributed by atoms with Gasteiger partial charge in [-0.3, -0.25) is 14.4 Å². The van der Waals surface area contributed by atoms with Crippen molar-refractivity contribution < 1.29 is 28.6 Å². The van der Waals surface area contributed by atoms with Crippen LogP contribution in [-0.2, 0) is 22.4 Å². The van der Waals surface area contributed by atoms with Gasteiger partial charge in [-0.1, -0.05) is 20.8 Å². The monoisotopic (exact) mass is 594 g/mol. The highest BCUT2D eigenvalue weighted by Crippen LogP contribution is 2.36. The fourth-order valence-corrected chi connectivity index (χ4v) is 7.09. The lowest BCUT2D eigenvalue weighted by atomic mass is 10.0. The minimum atomic E-state index is -0.476. The molecule has 8 heteroatoms. The average molecular weight is 595 g/mol. The molecule has 0 aliphatic rings. The molecule has 0 spiro atoms. The van der Waals surface area contributed by atoms with Crippen LogP contribution in [0.4, 0.5) is 0 Å². The van der Waals surface area contributed by atoms with Gasteiger partial charge in [-0.2, -0.15) is 0 Å². The van der Waals surface area contributed by atoms with Gasteiger partial charge in [-0.15, -0.1) is 22.7 Å². The Kier molecular flexibility index (Phi) is 10.2. The number of Topliss-reactive ketones (excluding diaryl/α,β-unsaturated/α-hetero) is 2. The number of carbonyl (C=O) groups is 3. The Morgan fingerprint density at radius 1 is 0.683 bits per heavy atom. The van der Waals surface area contributed by atoms with Crippen LogP contribution in [0.25, 0.3) is 20.2 Å².